The number of amides is 1. The van der Waals surface area contributed by atoms with Crippen LogP contribution in [0.4, 0.5) is 0 Å². The first kappa shape index (κ1) is 16.7. The summed E-state index contributed by atoms with van der Waals surface area (Å²) < 4.78 is 6.21. The molecule has 0 aromatic heterocycles. The van der Waals surface area contributed by atoms with Crippen molar-refractivity contribution in [1.82, 2.24) is 4.90 Å². The third kappa shape index (κ3) is 3.69. The summed E-state index contributed by atoms with van der Waals surface area (Å²) in [5, 5.41) is 0. The quantitative estimate of drug-likeness (QED) is 0.594. The monoisotopic (exact) mass is 389 g/mol. The molecule has 0 radical (unpaired) electrons. The molecule has 3 rings (SSSR count). The Morgan fingerprint density at radius 2 is 1.67 bits per heavy atom. The van der Waals surface area contributed by atoms with Crippen molar-refractivity contribution in [2.45, 2.75) is 17.3 Å². The minimum atomic E-state index is -0.488. The number of ether oxygens (including phenoxy) is 1. The maximum absolute atomic E-state index is 12.8. The molecule has 2 atom stereocenters. The number of esters is 1. The molecule has 2 aromatic carbocycles. The average molecular weight is 388 g/mol. The summed E-state index contributed by atoms with van der Waals surface area (Å²) in [6, 6.07) is 18.9. The summed E-state index contributed by atoms with van der Waals surface area (Å²) in [7, 11) is 1.38. The summed E-state index contributed by atoms with van der Waals surface area (Å²) >= 11 is 0.221. The van der Waals surface area contributed by atoms with Gasteiger partial charge in [-0.2, -0.15) is 0 Å². The summed E-state index contributed by atoms with van der Waals surface area (Å²) in [5.74, 6) is -0.428. The fourth-order valence-electron chi connectivity index (χ4n) is 2.90. The van der Waals surface area contributed by atoms with Crippen LogP contribution >= 0.6 is 0 Å². The number of likely N-dealkylation sites (tertiary alicyclic amines) is 1. The second-order valence-corrected chi connectivity index (χ2v) is 8.53. The fourth-order valence-corrected chi connectivity index (χ4v) is 5.45. The van der Waals surface area contributed by atoms with Gasteiger partial charge in [-0.25, -0.2) is 0 Å². The SMILES string of the molecule is COC(=O)[C@@H]1C[C@H]([Se]c2ccccc2)CN1C(=O)c1ccccc1. The van der Waals surface area contributed by atoms with Crippen LogP contribution in [0.3, 0.4) is 0 Å². The Morgan fingerprint density at radius 1 is 1.04 bits per heavy atom. The molecule has 1 fully saturated rings. The van der Waals surface area contributed by atoms with Crippen LogP contribution in [-0.4, -0.2) is 51.4 Å². The van der Waals surface area contributed by atoms with Crippen molar-refractivity contribution in [3.63, 3.8) is 0 Å². The first-order valence-corrected chi connectivity index (χ1v) is 9.69. The molecule has 1 aliphatic rings. The number of hydrogen-bond donors (Lipinski definition) is 0. The van der Waals surface area contributed by atoms with E-state index in [2.05, 4.69) is 12.1 Å². The number of carbonyl (C=O) groups is 2. The number of hydrogen-bond acceptors (Lipinski definition) is 3. The molecule has 1 heterocycles. The van der Waals surface area contributed by atoms with Crippen LogP contribution in [0.1, 0.15) is 16.8 Å². The zero-order chi connectivity index (χ0) is 16.9. The molecule has 0 N–H and O–H groups in total. The molecular formula is C19H19NO3Se. The van der Waals surface area contributed by atoms with E-state index < -0.39 is 6.04 Å². The van der Waals surface area contributed by atoms with E-state index in [-0.39, 0.29) is 26.8 Å². The van der Waals surface area contributed by atoms with Crippen molar-refractivity contribution < 1.29 is 14.3 Å². The van der Waals surface area contributed by atoms with Crippen molar-refractivity contribution in [3.8, 4) is 0 Å². The Hall–Kier alpha value is -2.10. The van der Waals surface area contributed by atoms with Crippen LogP contribution in [0.2, 0.25) is 4.82 Å². The van der Waals surface area contributed by atoms with Crippen LogP contribution in [0, 0.1) is 0 Å². The molecule has 24 heavy (non-hydrogen) atoms. The number of carbonyl (C=O) groups excluding carboxylic acids is 2. The molecule has 1 aliphatic heterocycles. The standard InChI is InChI=1S/C19H19NO3Se/c1-23-19(22)17-12-16(24-15-10-6-3-7-11-15)13-20(17)18(21)14-8-4-2-5-9-14/h2-11,16-17H,12-13H2,1H3/t16-,17-/m0/s1. The molecule has 1 amide bonds. The van der Waals surface area contributed by atoms with Gasteiger partial charge in [-0.3, -0.25) is 0 Å². The topological polar surface area (TPSA) is 46.6 Å². The van der Waals surface area contributed by atoms with Gasteiger partial charge in [-0.15, -0.1) is 0 Å². The second-order valence-electron chi connectivity index (χ2n) is 5.65. The summed E-state index contributed by atoms with van der Waals surface area (Å²) in [6.45, 7) is 0.600. The number of methoxy groups -OCH3 is 1. The van der Waals surface area contributed by atoms with Crippen LogP contribution in [0.5, 0.6) is 0 Å². The Kier molecular flexibility index (Phi) is 5.34. The predicted molar refractivity (Wildman–Crippen MR) is 93.5 cm³/mol. The zero-order valence-electron chi connectivity index (χ0n) is 13.4. The molecule has 124 valence electrons. The van der Waals surface area contributed by atoms with E-state index in [0.29, 0.717) is 23.3 Å². The van der Waals surface area contributed by atoms with Crippen molar-refractivity contribution in [1.29, 1.82) is 0 Å². The molecule has 0 saturated carbocycles. The average Bonchev–Trinajstić information content (AvgIpc) is 3.05. The van der Waals surface area contributed by atoms with Gasteiger partial charge < -0.3 is 0 Å². The molecule has 0 aliphatic carbocycles. The van der Waals surface area contributed by atoms with Crippen molar-refractivity contribution in [2.75, 3.05) is 13.7 Å². The molecule has 1 saturated heterocycles. The number of nitrogens with zero attached hydrogens (tertiary/aromatic N) is 1. The van der Waals surface area contributed by atoms with E-state index >= 15 is 0 Å². The van der Waals surface area contributed by atoms with Gasteiger partial charge in [0.1, 0.15) is 0 Å². The van der Waals surface area contributed by atoms with E-state index in [1.54, 1.807) is 17.0 Å². The Morgan fingerprint density at radius 3 is 2.29 bits per heavy atom. The van der Waals surface area contributed by atoms with Gasteiger partial charge in [-0.1, -0.05) is 0 Å². The molecule has 5 heteroatoms. The Balaban J connectivity index is 1.78. The van der Waals surface area contributed by atoms with Gasteiger partial charge in [-0.05, 0) is 0 Å². The molecule has 0 spiro atoms. The normalized spacial score (nSPS) is 20.0. The van der Waals surface area contributed by atoms with Gasteiger partial charge in [0.2, 0.25) is 0 Å². The second kappa shape index (κ2) is 7.65. The van der Waals surface area contributed by atoms with Gasteiger partial charge in [0.15, 0.2) is 0 Å². The van der Waals surface area contributed by atoms with Gasteiger partial charge in [0.05, 0.1) is 0 Å². The fraction of sp³-hybridized carbons (Fsp3) is 0.263. The summed E-state index contributed by atoms with van der Waals surface area (Å²) in [6.07, 6.45) is 0.667. The Labute approximate surface area is 148 Å². The first-order valence-electron chi connectivity index (χ1n) is 7.84. The van der Waals surface area contributed by atoms with Crippen LogP contribution in [0.25, 0.3) is 0 Å². The zero-order valence-corrected chi connectivity index (χ0v) is 15.1. The van der Waals surface area contributed by atoms with Crippen molar-refractivity contribution in [3.05, 3.63) is 66.2 Å². The van der Waals surface area contributed by atoms with Crippen LogP contribution in [-0.2, 0) is 9.53 Å². The van der Waals surface area contributed by atoms with Gasteiger partial charge in [0, 0.05) is 0 Å². The molecule has 4 nitrogen and oxygen atoms in total. The number of benzene rings is 2. The van der Waals surface area contributed by atoms with E-state index in [4.69, 9.17) is 4.74 Å². The van der Waals surface area contributed by atoms with Crippen LogP contribution in [0.15, 0.2) is 60.7 Å². The molecule has 0 unspecified atom stereocenters. The summed E-state index contributed by atoms with van der Waals surface area (Å²) in [4.78, 5) is 26.9. The van der Waals surface area contributed by atoms with Gasteiger partial charge >= 0.3 is 148 Å². The summed E-state index contributed by atoms with van der Waals surface area (Å²) in [5.41, 5.74) is 0.610. The van der Waals surface area contributed by atoms with Crippen LogP contribution < -0.4 is 4.46 Å². The third-order valence-corrected chi connectivity index (χ3v) is 6.62. The van der Waals surface area contributed by atoms with E-state index in [1.165, 1.54) is 11.6 Å². The maximum atomic E-state index is 12.8. The van der Waals surface area contributed by atoms with Crippen molar-refractivity contribution >= 4 is 31.3 Å². The van der Waals surface area contributed by atoms with E-state index in [0.717, 1.165) is 0 Å². The van der Waals surface area contributed by atoms with E-state index in [1.807, 2.05) is 36.4 Å². The van der Waals surface area contributed by atoms with Crippen molar-refractivity contribution in [2.24, 2.45) is 0 Å². The molecule has 0 bridgehead atoms. The Bertz CT molecular complexity index is 705. The molecule has 2 aromatic rings. The number of rotatable bonds is 4. The minimum absolute atomic E-state index is 0.0997. The molecular weight excluding hydrogens is 369 g/mol. The third-order valence-electron chi connectivity index (χ3n) is 4.06. The predicted octanol–water partition coefficient (Wildman–Crippen LogP) is 1.89. The van der Waals surface area contributed by atoms with E-state index in [9.17, 15) is 9.59 Å². The first-order chi connectivity index (χ1) is 11.7. The van der Waals surface area contributed by atoms with Gasteiger partial charge in [0.25, 0.3) is 0 Å².